The first-order valence-corrected chi connectivity index (χ1v) is 9.23. The summed E-state index contributed by atoms with van der Waals surface area (Å²) in [6.45, 7) is 13.6. The van der Waals surface area contributed by atoms with E-state index in [4.69, 9.17) is 10.5 Å². The summed E-state index contributed by atoms with van der Waals surface area (Å²) in [5, 5.41) is 3.25. The van der Waals surface area contributed by atoms with Gasteiger partial charge in [0, 0.05) is 32.2 Å². The van der Waals surface area contributed by atoms with Gasteiger partial charge in [0.25, 0.3) is 0 Å². The van der Waals surface area contributed by atoms with Crippen LogP contribution in [0.15, 0.2) is 4.99 Å². The smallest absolute Gasteiger partial charge is 0.188 e. The van der Waals surface area contributed by atoms with Crippen LogP contribution in [-0.4, -0.2) is 80.8 Å². The lowest BCUT2D eigenvalue weighted by Gasteiger charge is -2.26. The fourth-order valence-corrected chi connectivity index (χ4v) is 3.41. The fourth-order valence-electron chi connectivity index (χ4n) is 3.41. The zero-order valence-corrected chi connectivity index (χ0v) is 15.0. The van der Waals surface area contributed by atoms with E-state index < -0.39 is 0 Å². The minimum atomic E-state index is 0.575. The van der Waals surface area contributed by atoms with Gasteiger partial charge >= 0.3 is 0 Å². The molecule has 2 aliphatic rings. The largest absolute Gasteiger partial charge is 0.379 e. The molecule has 0 spiro atoms. The maximum atomic E-state index is 6.00. The van der Waals surface area contributed by atoms with Crippen LogP contribution in [-0.2, 0) is 4.74 Å². The molecule has 0 aromatic rings. The summed E-state index contributed by atoms with van der Waals surface area (Å²) in [6, 6.07) is 0.575. The summed E-state index contributed by atoms with van der Waals surface area (Å²) in [5.41, 5.74) is 6.00. The highest BCUT2D eigenvalue weighted by molar-refractivity contribution is 5.77. The third kappa shape index (κ3) is 7.06. The van der Waals surface area contributed by atoms with Crippen LogP contribution >= 0.6 is 0 Å². The molecule has 6 heteroatoms. The molecule has 0 saturated carbocycles. The number of nitrogens with two attached hydrogens (primary N) is 1. The molecule has 0 radical (unpaired) electrons. The lowest BCUT2D eigenvalue weighted by molar-refractivity contribution is 0.0376. The maximum absolute atomic E-state index is 6.00. The Morgan fingerprint density at radius 3 is 2.83 bits per heavy atom. The highest BCUT2D eigenvalue weighted by atomic mass is 16.5. The van der Waals surface area contributed by atoms with Gasteiger partial charge < -0.3 is 15.8 Å². The van der Waals surface area contributed by atoms with Crippen molar-refractivity contribution in [2.24, 2.45) is 16.6 Å². The van der Waals surface area contributed by atoms with Crippen LogP contribution in [0.4, 0.5) is 0 Å². The van der Waals surface area contributed by atoms with Gasteiger partial charge in [0.05, 0.1) is 19.8 Å². The molecular weight excluding hydrogens is 290 g/mol. The first-order chi connectivity index (χ1) is 11.1. The molecule has 0 unspecified atom stereocenters. The number of ether oxygens (including phenoxy) is 1. The van der Waals surface area contributed by atoms with Gasteiger partial charge in [-0.3, -0.25) is 14.8 Å². The van der Waals surface area contributed by atoms with Crippen molar-refractivity contribution < 1.29 is 4.74 Å². The van der Waals surface area contributed by atoms with Gasteiger partial charge in [-0.05, 0) is 38.3 Å². The Hall–Kier alpha value is -0.850. The lowest BCUT2D eigenvalue weighted by atomic mass is 10.2. The molecule has 2 fully saturated rings. The molecular formula is C17H35N5O. The summed E-state index contributed by atoms with van der Waals surface area (Å²) in [6.07, 6.45) is 3.64. The van der Waals surface area contributed by atoms with Crippen LogP contribution in [0.5, 0.6) is 0 Å². The molecule has 6 nitrogen and oxygen atoms in total. The molecule has 134 valence electrons. The zero-order chi connectivity index (χ0) is 16.5. The van der Waals surface area contributed by atoms with Gasteiger partial charge in [0.15, 0.2) is 5.96 Å². The monoisotopic (exact) mass is 325 g/mol. The molecule has 0 amide bonds. The van der Waals surface area contributed by atoms with Crippen LogP contribution in [0.1, 0.15) is 33.1 Å². The van der Waals surface area contributed by atoms with E-state index in [1.54, 1.807) is 0 Å². The predicted molar refractivity (Wildman–Crippen MR) is 95.8 cm³/mol. The maximum Gasteiger partial charge on any atom is 0.188 e. The number of nitrogens with one attached hydrogen (secondary N) is 1. The van der Waals surface area contributed by atoms with Gasteiger partial charge in [-0.15, -0.1) is 0 Å². The number of likely N-dealkylation sites (tertiary alicyclic amines) is 1. The van der Waals surface area contributed by atoms with E-state index in [9.17, 15) is 0 Å². The first-order valence-electron chi connectivity index (χ1n) is 9.23. The second-order valence-corrected chi connectivity index (χ2v) is 7.15. The summed E-state index contributed by atoms with van der Waals surface area (Å²) in [7, 11) is 0. The summed E-state index contributed by atoms with van der Waals surface area (Å²) < 4.78 is 5.36. The van der Waals surface area contributed by atoms with Crippen LogP contribution in [0.2, 0.25) is 0 Å². The predicted octanol–water partition coefficient (Wildman–Crippen LogP) is 0.733. The number of guanidine groups is 1. The number of morpholine rings is 1. The Bertz CT molecular complexity index is 355. The Balaban J connectivity index is 1.59. The van der Waals surface area contributed by atoms with Gasteiger partial charge in [0.2, 0.25) is 0 Å². The molecule has 23 heavy (non-hydrogen) atoms. The van der Waals surface area contributed by atoms with Gasteiger partial charge in [-0.25, -0.2) is 0 Å². The average Bonchev–Trinajstić information content (AvgIpc) is 2.97. The third-order valence-corrected chi connectivity index (χ3v) is 4.63. The van der Waals surface area contributed by atoms with Gasteiger partial charge in [-0.1, -0.05) is 13.8 Å². The Morgan fingerprint density at radius 1 is 1.30 bits per heavy atom. The summed E-state index contributed by atoms with van der Waals surface area (Å²) in [5.74, 6) is 1.32. The molecule has 0 bridgehead atoms. The summed E-state index contributed by atoms with van der Waals surface area (Å²) in [4.78, 5) is 9.57. The van der Waals surface area contributed by atoms with E-state index in [0.29, 0.717) is 12.0 Å². The Kier molecular flexibility index (Phi) is 8.12. The number of hydrogen-bond acceptors (Lipinski definition) is 4. The fraction of sp³-hybridized carbons (Fsp3) is 0.941. The van der Waals surface area contributed by atoms with Crippen LogP contribution < -0.4 is 11.1 Å². The van der Waals surface area contributed by atoms with E-state index in [0.717, 1.165) is 58.3 Å². The van der Waals surface area contributed by atoms with Crippen molar-refractivity contribution in [1.29, 1.82) is 0 Å². The molecule has 2 heterocycles. The topological polar surface area (TPSA) is 66.1 Å². The normalized spacial score (nSPS) is 24.5. The van der Waals surface area contributed by atoms with E-state index in [2.05, 4.69) is 34.0 Å². The van der Waals surface area contributed by atoms with Crippen LogP contribution in [0.3, 0.4) is 0 Å². The summed E-state index contributed by atoms with van der Waals surface area (Å²) >= 11 is 0. The van der Waals surface area contributed by atoms with Crippen LogP contribution in [0, 0.1) is 5.92 Å². The van der Waals surface area contributed by atoms with Crippen molar-refractivity contribution in [2.45, 2.75) is 39.2 Å². The first kappa shape index (κ1) is 18.5. The van der Waals surface area contributed by atoms with E-state index in [1.165, 1.54) is 25.9 Å². The second-order valence-electron chi connectivity index (χ2n) is 7.15. The molecule has 2 aliphatic heterocycles. The van der Waals surface area contributed by atoms with Crippen molar-refractivity contribution in [3.63, 3.8) is 0 Å². The third-order valence-electron chi connectivity index (χ3n) is 4.63. The van der Waals surface area contributed by atoms with Crippen molar-refractivity contribution in [3.05, 3.63) is 0 Å². The highest BCUT2D eigenvalue weighted by Gasteiger charge is 2.24. The highest BCUT2D eigenvalue weighted by Crippen LogP contribution is 2.18. The van der Waals surface area contributed by atoms with Crippen LogP contribution in [0.25, 0.3) is 0 Å². The molecule has 0 aromatic heterocycles. The van der Waals surface area contributed by atoms with E-state index in [1.807, 2.05) is 0 Å². The molecule has 1 atom stereocenters. The quantitative estimate of drug-likeness (QED) is 0.391. The molecule has 0 aromatic carbocycles. The average molecular weight is 326 g/mol. The number of rotatable bonds is 8. The SMILES string of the molecule is CC(C)CN1CCC[C@@H]1CN=C(N)NCCCN1CCOCC1. The second kappa shape index (κ2) is 10.1. The minimum absolute atomic E-state index is 0.575. The van der Waals surface area contributed by atoms with Gasteiger partial charge in [0.1, 0.15) is 0 Å². The van der Waals surface area contributed by atoms with Crippen molar-refractivity contribution in [1.82, 2.24) is 15.1 Å². The molecule has 3 N–H and O–H groups in total. The Labute approximate surface area is 141 Å². The van der Waals surface area contributed by atoms with E-state index in [-0.39, 0.29) is 0 Å². The minimum Gasteiger partial charge on any atom is -0.379 e. The van der Waals surface area contributed by atoms with Gasteiger partial charge in [-0.2, -0.15) is 0 Å². The zero-order valence-electron chi connectivity index (χ0n) is 15.0. The van der Waals surface area contributed by atoms with Crippen molar-refractivity contribution in [2.75, 3.05) is 59.0 Å². The number of aliphatic imine (C=N–C) groups is 1. The molecule has 2 rings (SSSR count). The standard InChI is InChI=1S/C17H35N5O/c1-15(2)14-22-8-3-5-16(22)13-20-17(18)19-6-4-7-21-9-11-23-12-10-21/h15-16H,3-14H2,1-2H3,(H3,18,19,20)/t16-/m1/s1. The molecule has 2 saturated heterocycles. The van der Waals surface area contributed by atoms with Crippen molar-refractivity contribution in [3.8, 4) is 0 Å². The molecule has 0 aliphatic carbocycles. The number of nitrogens with zero attached hydrogens (tertiary/aromatic N) is 3. The lowest BCUT2D eigenvalue weighted by Crippen LogP contribution is -2.39. The van der Waals surface area contributed by atoms with E-state index >= 15 is 0 Å². The Morgan fingerprint density at radius 2 is 2.09 bits per heavy atom. The van der Waals surface area contributed by atoms with Crippen molar-refractivity contribution >= 4 is 5.96 Å². The number of hydrogen-bond donors (Lipinski definition) is 2.